The number of nitrogens with zero attached hydrogens (tertiary/aromatic N) is 7. The minimum atomic E-state index is -3.17. The lowest BCUT2D eigenvalue weighted by atomic mass is 9.93. The lowest BCUT2D eigenvalue weighted by Crippen LogP contribution is -2.38. The van der Waals surface area contributed by atoms with Gasteiger partial charge in [-0.3, -0.25) is 0 Å². The predicted molar refractivity (Wildman–Crippen MR) is 231 cm³/mol. The third-order valence-electron chi connectivity index (χ3n) is 11.7. The highest BCUT2D eigenvalue weighted by atomic mass is 31.2. The van der Waals surface area contributed by atoms with Crippen LogP contribution in [-0.4, -0.2) is 57.7 Å². The Morgan fingerprint density at radius 1 is 0.439 bits per heavy atom. The van der Waals surface area contributed by atoms with Crippen molar-refractivity contribution in [1.82, 2.24) is 24.7 Å². The van der Waals surface area contributed by atoms with Crippen LogP contribution in [-0.2, 0) is 13.1 Å². The summed E-state index contributed by atoms with van der Waals surface area (Å²) in [6.45, 7) is 4.90. The van der Waals surface area contributed by atoms with Crippen LogP contribution in [0, 0.1) is 0 Å². The van der Waals surface area contributed by atoms with E-state index in [2.05, 4.69) is 207 Å². The van der Waals surface area contributed by atoms with Crippen molar-refractivity contribution >= 4 is 19.4 Å². The number of guanidine groups is 2. The van der Waals surface area contributed by atoms with Gasteiger partial charge in [-0.2, -0.15) is 9.53 Å². The zero-order chi connectivity index (χ0) is 38.0. The highest BCUT2D eigenvalue weighted by Gasteiger charge is 2.48. The maximum atomic E-state index is 6.09. The van der Waals surface area contributed by atoms with Gasteiger partial charge in [0, 0.05) is 39.3 Å². The van der Waals surface area contributed by atoms with Crippen LogP contribution in [0.1, 0.15) is 57.5 Å². The van der Waals surface area contributed by atoms with Gasteiger partial charge in [-0.15, -0.1) is 0 Å². The van der Waals surface area contributed by atoms with E-state index in [9.17, 15) is 0 Å². The van der Waals surface area contributed by atoms with E-state index in [4.69, 9.17) is 14.3 Å². The molecule has 4 heterocycles. The van der Waals surface area contributed by atoms with E-state index in [-0.39, 0.29) is 24.2 Å². The second-order valence-electron chi connectivity index (χ2n) is 15.3. The van der Waals surface area contributed by atoms with Crippen LogP contribution in [0.2, 0.25) is 0 Å². The third-order valence-corrected chi connectivity index (χ3v) is 13.8. The van der Waals surface area contributed by atoms with E-state index in [1.54, 1.807) is 0 Å². The average molecular weight is 767 g/mol. The van der Waals surface area contributed by atoms with Crippen LogP contribution in [0.25, 0.3) is 0 Å². The van der Waals surface area contributed by atoms with Crippen LogP contribution in [0.15, 0.2) is 196 Å². The van der Waals surface area contributed by atoms with Crippen LogP contribution in [0.5, 0.6) is 0 Å². The average Bonchev–Trinajstić information content (AvgIpc) is 3.75. The first kappa shape index (κ1) is 35.5. The fraction of sp³-hybridized carbons (Fsp3) is 0.208. The smallest absolute Gasteiger partial charge is 0.260 e. The molecule has 57 heavy (non-hydrogen) atoms. The molecule has 0 amide bonds. The third kappa shape index (κ3) is 7.05. The maximum absolute atomic E-state index is 6.09. The van der Waals surface area contributed by atoms with Crippen molar-refractivity contribution in [3.05, 3.63) is 215 Å². The molecule has 1 spiro atoms. The van der Waals surface area contributed by atoms with E-state index >= 15 is 0 Å². The predicted octanol–water partition coefficient (Wildman–Crippen LogP) is 9.86. The molecular weight excluding hydrogens is 720 g/mol. The highest BCUT2D eigenvalue weighted by molar-refractivity contribution is 7.62. The quantitative estimate of drug-likeness (QED) is 0.156. The van der Waals surface area contributed by atoms with Gasteiger partial charge >= 0.3 is 0 Å². The summed E-state index contributed by atoms with van der Waals surface area (Å²) in [5, 5.41) is 4.27. The van der Waals surface area contributed by atoms with Crippen molar-refractivity contribution in [1.29, 1.82) is 0 Å². The highest BCUT2D eigenvalue weighted by Crippen LogP contribution is 2.61. The zero-order valence-corrected chi connectivity index (χ0v) is 32.8. The number of rotatable bonds is 8. The first-order chi connectivity index (χ1) is 28.2. The van der Waals surface area contributed by atoms with Crippen molar-refractivity contribution < 1.29 is 0 Å². The first-order valence-electron chi connectivity index (χ1n) is 20.1. The second-order valence-corrected chi connectivity index (χ2v) is 17.3. The fourth-order valence-electron chi connectivity index (χ4n) is 9.01. The summed E-state index contributed by atoms with van der Waals surface area (Å²) in [7, 11) is -3.17. The minimum Gasteiger partial charge on any atom is -0.336 e. The van der Waals surface area contributed by atoms with Crippen LogP contribution in [0.4, 0.5) is 0 Å². The number of fused-ring (bicyclic) bond motifs is 2. The van der Waals surface area contributed by atoms with Crippen LogP contribution >= 0.6 is 7.51 Å². The normalized spacial score (nSPS) is 24.2. The molecule has 0 saturated carbocycles. The summed E-state index contributed by atoms with van der Waals surface area (Å²) < 4.78 is 18.1. The second kappa shape index (κ2) is 15.5. The molecule has 0 aromatic heterocycles. The molecule has 10 rings (SSSR count). The van der Waals surface area contributed by atoms with E-state index in [1.807, 2.05) is 0 Å². The summed E-state index contributed by atoms with van der Waals surface area (Å²) in [6.07, 6.45) is 0. The number of nitrogens with one attached hydrogen (secondary N) is 1. The minimum absolute atomic E-state index is 0.0497. The molecule has 1 N–H and O–H groups in total. The molecule has 4 aliphatic rings. The molecule has 0 radical (unpaired) electrons. The Morgan fingerprint density at radius 3 is 1.30 bits per heavy atom. The number of hydrogen-bond donors (Lipinski definition) is 1. The molecule has 4 aliphatic heterocycles. The molecule has 6 aromatic rings. The van der Waals surface area contributed by atoms with Gasteiger partial charge in [0.05, 0.1) is 18.1 Å². The Bertz CT molecular complexity index is 2390. The molecule has 2 fully saturated rings. The van der Waals surface area contributed by atoms with E-state index < -0.39 is 7.51 Å². The topological polar surface area (TPSA) is 62.1 Å². The Balaban J connectivity index is 1.24. The van der Waals surface area contributed by atoms with E-state index in [1.165, 1.54) is 27.8 Å². The first-order valence-corrected chi connectivity index (χ1v) is 21.8. The lowest BCUT2D eigenvalue weighted by Gasteiger charge is -2.35. The molecule has 2 saturated heterocycles. The van der Waals surface area contributed by atoms with Gasteiger partial charge < -0.3 is 19.6 Å². The lowest BCUT2D eigenvalue weighted by molar-refractivity contribution is 0.291. The monoisotopic (exact) mass is 766 g/mol. The summed E-state index contributed by atoms with van der Waals surface area (Å²) in [5.41, 5.74) is 7.34. The van der Waals surface area contributed by atoms with Gasteiger partial charge in [-0.05, 0) is 33.4 Å². The Labute approximate surface area is 336 Å². The van der Waals surface area contributed by atoms with Crippen LogP contribution in [0.3, 0.4) is 0 Å². The molecule has 0 bridgehead atoms. The number of benzene rings is 6. The standard InChI is InChI=1S/C48H47N8P/c1-7-19-37(20-8-1)35-53-31-33-55-45(41-27-15-5-16-28-41)43(39-23-11-3-12-24-39)49-57(51-47(53)55)50-44(40-25-13-4-14-26-40)46(42-29-17-6-18-30-42)56-34-32-54(48(56)52-57)36-38-21-9-2-10-22-38/h1-30,43-46,49H,31-36H2/t43-,44-,45-,46-,57?/m0/s1. The van der Waals surface area contributed by atoms with Gasteiger partial charge in [-0.25, -0.2) is 9.83 Å². The number of hydrogen-bond acceptors (Lipinski definition) is 8. The molecule has 5 atom stereocenters. The van der Waals surface area contributed by atoms with Crippen molar-refractivity contribution in [2.75, 3.05) is 26.2 Å². The molecule has 1 unspecified atom stereocenters. The Kier molecular flexibility index (Phi) is 9.66. The SMILES string of the molecule is c1ccc(CN2CCN3C2=NP2(=N[C@@H](c4ccccc4)[C@@H]3c3ccccc3)N=C3N(Cc4ccccc4)CCN3[C@@H](c3ccccc3)[C@H](c3ccccc3)N2)cc1. The van der Waals surface area contributed by atoms with E-state index in [0.29, 0.717) is 0 Å². The van der Waals surface area contributed by atoms with Crippen LogP contribution < -0.4 is 5.09 Å². The van der Waals surface area contributed by atoms with Crippen molar-refractivity contribution in [2.24, 2.45) is 14.3 Å². The van der Waals surface area contributed by atoms with Gasteiger partial charge in [-0.1, -0.05) is 182 Å². The molecule has 0 aliphatic carbocycles. The van der Waals surface area contributed by atoms with Gasteiger partial charge in [0.15, 0.2) is 0 Å². The van der Waals surface area contributed by atoms with Crippen molar-refractivity contribution in [3.63, 3.8) is 0 Å². The maximum Gasteiger partial charge on any atom is 0.260 e. The van der Waals surface area contributed by atoms with Gasteiger partial charge in [0.1, 0.15) is 6.04 Å². The van der Waals surface area contributed by atoms with Crippen molar-refractivity contribution in [2.45, 2.75) is 37.3 Å². The van der Waals surface area contributed by atoms with Crippen molar-refractivity contribution in [3.8, 4) is 0 Å². The summed E-state index contributed by atoms with van der Waals surface area (Å²) in [5.74, 6) is 1.92. The summed E-state index contributed by atoms with van der Waals surface area (Å²) in [4.78, 5) is 9.99. The summed E-state index contributed by atoms with van der Waals surface area (Å²) in [6, 6.07) is 64.7. The zero-order valence-electron chi connectivity index (χ0n) is 32.0. The summed E-state index contributed by atoms with van der Waals surface area (Å²) >= 11 is 0. The van der Waals surface area contributed by atoms with Gasteiger partial charge in [0.25, 0.3) is 7.51 Å². The fourth-order valence-corrected chi connectivity index (χ4v) is 11.6. The molecule has 9 heteroatoms. The largest absolute Gasteiger partial charge is 0.336 e. The molecule has 8 nitrogen and oxygen atoms in total. The Morgan fingerprint density at radius 2 is 0.825 bits per heavy atom. The van der Waals surface area contributed by atoms with E-state index in [0.717, 1.165) is 56.8 Å². The molecular formula is C48H47N8P. The van der Waals surface area contributed by atoms with Gasteiger partial charge in [0.2, 0.25) is 11.9 Å². The molecule has 6 aromatic carbocycles. The molecule has 284 valence electrons. The Hall–Kier alpha value is -5.95.